The van der Waals surface area contributed by atoms with Crippen LogP contribution in [-0.4, -0.2) is 29.1 Å². The summed E-state index contributed by atoms with van der Waals surface area (Å²) in [6.45, 7) is 5.12. The summed E-state index contributed by atoms with van der Waals surface area (Å²) in [7, 11) is 0. The largest absolute Gasteiger partial charge is 0.467 e. The van der Waals surface area contributed by atoms with Gasteiger partial charge < -0.3 is 18.7 Å². The molecule has 1 saturated carbocycles. The van der Waals surface area contributed by atoms with Gasteiger partial charge in [-0.3, -0.25) is 4.79 Å². The molecule has 3 aromatic rings. The normalized spacial score (nSPS) is 17.1. The molecule has 1 aromatic carbocycles. The number of rotatable bonds is 7. The third-order valence-electron chi connectivity index (χ3n) is 6.40. The molecule has 0 bridgehead atoms. The minimum absolute atomic E-state index is 0.134. The van der Waals surface area contributed by atoms with E-state index in [0.717, 1.165) is 73.2 Å². The number of piperidine rings is 1. The van der Waals surface area contributed by atoms with Gasteiger partial charge in [0.15, 0.2) is 0 Å². The molecule has 162 valence electrons. The zero-order valence-electron chi connectivity index (χ0n) is 18.0. The van der Waals surface area contributed by atoms with Crippen LogP contribution in [0.25, 0.3) is 11.3 Å². The molecule has 0 atom stereocenters. The SMILES string of the molecule is CC1CCN(c2onc(-c3ccccc3)c2CN(Cc2ccco2)C(=O)C2CC2)CC1. The smallest absolute Gasteiger partial charge is 0.232 e. The van der Waals surface area contributed by atoms with Crippen molar-refractivity contribution in [2.45, 2.75) is 45.7 Å². The molecule has 1 saturated heterocycles. The molecule has 2 aromatic heterocycles. The maximum absolute atomic E-state index is 13.2. The third-order valence-corrected chi connectivity index (χ3v) is 6.40. The molecule has 31 heavy (non-hydrogen) atoms. The molecule has 1 aliphatic heterocycles. The Morgan fingerprint density at radius 3 is 2.52 bits per heavy atom. The van der Waals surface area contributed by atoms with Crippen LogP contribution in [0.2, 0.25) is 0 Å². The van der Waals surface area contributed by atoms with E-state index < -0.39 is 0 Å². The fourth-order valence-electron chi connectivity index (χ4n) is 4.31. The highest BCUT2D eigenvalue weighted by molar-refractivity contribution is 5.81. The number of nitrogens with zero attached hydrogens (tertiary/aromatic N) is 3. The Morgan fingerprint density at radius 1 is 1.06 bits per heavy atom. The molecule has 1 aliphatic carbocycles. The highest BCUT2D eigenvalue weighted by Gasteiger charge is 2.35. The van der Waals surface area contributed by atoms with Crippen molar-refractivity contribution in [2.24, 2.45) is 11.8 Å². The lowest BCUT2D eigenvalue weighted by Gasteiger charge is -2.31. The van der Waals surface area contributed by atoms with E-state index in [0.29, 0.717) is 13.1 Å². The van der Waals surface area contributed by atoms with Gasteiger partial charge >= 0.3 is 0 Å². The number of carbonyl (C=O) groups is 1. The standard InChI is InChI=1S/C25H29N3O3/c1-18-11-13-27(14-12-18)25-22(23(26-31-25)19-6-3-2-4-7-19)17-28(24(29)20-9-10-20)16-21-8-5-15-30-21/h2-8,15,18,20H,9-14,16-17H2,1H3. The number of benzene rings is 1. The zero-order chi connectivity index (χ0) is 21.2. The van der Waals surface area contributed by atoms with E-state index in [4.69, 9.17) is 8.94 Å². The first-order chi connectivity index (χ1) is 15.2. The van der Waals surface area contributed by atoms with Crippen LogP contribution in [0.5, 0.6) is 0 Å². The molecule has 0 unspecified atom stereocenters. The van der Waals surface area contributed by atoms with E-state index in [2.05, 4.69) is 17.0 Å². The van der Waals surface area contributed by atoms with Gasteiger partial charge in [-0.1, -0.05) is 42.4 Å². The third kappa shape index (κ3) is 4.38. The van der Waals surface area contributed by atoms with Crippen LogP contribution in [0.1, 0.15) is 43.9 Å². The minimum atomic E-state index is 0.134. The number of furan rings is 1. The van der Waals surface area contributed by atoms with Crippen molar-refractivity contribution < 1.29 is 13.7 Å². The van der Waals surface area contributed by atoms with E-state index in [1.54, 1.807) is 6.26 Å². The molecule has 6 heteroatoms. The molecule has 0 spiro atoms. The van der Waals surface area contributed by atoms with Crippen molar-refractivity contribution in [3.8, 4) is 11.3 Å². The highest BCUT2D eigenvalue weighted by Crippen LogP contribution is 2.37. The number of carbonyl (C=O) groups excluding carboxylic acids is 1. The van der Waals surface area contributed by atoms with Crippen LogP contribution in [0, 0.1) is 11.8 Å². The zero-order valence-corrected chi connectivity index (χ0v) is 18.0. The summed E-state index contributed by atoms with van der Waals surface area (Å²) in [5, 5.41) is 4.47. The molecule has 1 amide bonds. The second-order valence-electron chi connectivity index (χ2n) is 8.90. The minimum Gasteiger partial charge on any atom is -0.467 e. The van der Waals surface area contributed by atoms with E-state index in [1.807, 2.05) is 47.4 Å². The van der Waals surface area contributed by atoms with Crippen molar-refractivity contribution in [3.63, 3.8) is 0 Å². The lowest BCUT2D eigenvalue weighted by atomic mass is 9.98. The van der Waals surface area contributed by atoms with Crippen molar-refractivity contribution in [1.82, 2.24) is 10.1 Å². The van der Waals surface area contributed by atoms with E-state index in [9.17, 15) is 4.79 Å². The Kier molecular flexibility index (Phi) is 5.53. The van der Waals surface area contributed by atoms with Gasteiger partial charge in [-0.25, -0.2) is 0 Å². The Hall–Kier alpha value is -3.02. The van der Waals surface area contributed by atoms with Gasteiger partial charge in [0.1, 0.15) is 11.5 Å². The van der Waals surface area contributed by atoms with Crippen molar-refractivity contribution in [1.29, 1.82) is 0 Å². The number of anilines is 1. The molecular weight excluding hydrogens is 390 g/mol. The first kappa shape index (κ1) is 19.9. The summed E-state index contributed by atoms with van der Waals surface area (Å²) in [4.78, 5) is 17.4. The molecule has 2 fully saturated rings. The van der Waals surface area contributed by atoms with Gasteiger partial charge in [0.05, 0.1) is 24.9 Å². The number of amides is 1. The number of aromatic nitrogens is 1. The van der Waals surface area contributed by atoms with E-state index in [-0.39, 0.29) is 11.8 Å². The second-order valence-corrected chi connectivity index (χ2v) is 8.90. The first-order valence-electron chi connectivity index (χ1n) is 11.3. The van der Waals surface area contributed by atoms with Crippen LogP contribution in [0.15, 0.2) is 57.7 Å². The molecule has 2 aliphatic rings. The van der Waals surface area contributed by atoms with Crippen LogP contribution in [0.3, 0.4) is 0 Å². The van der Waals surface area contributed by atoms with Crippen LogP contribution in [0.4, 0.5) is 5.88 Å². The maximum atomic E-state index is 13.2. The topological polar surface area (TPSA) is 62.7 Å². The summed E-state index contributed by atoms with van der Waals surface area (Å²) < 4.78 is 11.5. The van der Waals surface area contributed by atoms with Gasteiger partial charge in [-0.15, -0.1) is 0 Å². The van der Waals surface area contributed by atoms with Gasteiger partial charge in [-0.05, 0) is 43.7 Å². The second kappa shape index (κ2) is 8.61. The average Bonchev–Trinajstić information content (AvgIpc) is 3.37. The number of hydrogen-bond acceptors (Lipinski definition) is 5. The van der Waals surface area contributed by atoms with Gasteiger partial charge in [0, 0.05) is 24.6 Å². The summed E-state index contributed by atoms with van der Waals surface area (Å²) in [6.07, 6.45) is 5.87. The fraction of sp³-hybridized carbons (Fsp3) is 0.440. The molecule has 6 nitrogen and oxygen atoms in total. The molecule has 0 radical (unpaired) electrons. The Labute approximate surface area is 182 Å². The van der Waals surface area contributed by atoms with Crippen molar-refractivity contribution in [2.75, 3.05) is 18.0 Å². The molecule has 0 N–H and O–H groups in total. The highest BCUT2D eigenvalue weighted by atomic mass is 16.5. The number of hydrogen-bond donors (Lipinski definition) is 0. The maximum Gasteiger partial charge on any atom is 0.232 e. The summed E-state index contributed by atoms with van der Waals surface area (Å²) in [5.41, 5.74) is 2.82. The molecular formula is C25H29N3O3. The Balaban J connectivity index is 1.49. The lowest BCUT2D eigenvalue weighted by molar-refractivity contribution is -0.134. The van der Waals surface area contributed by atoms with Crippen LogP contribution >= 0.6 is 0 Å². The van der Waals surface area contributed by atoms with Crippen LogP contribution < -0.4 is 4.90 Å². The predicted octanol–water partition coefficient (Wildman–Crippen LogP) is 5.11. The van der Waals surface area contributed by atoms with Gasteiger partial charge in [0.2, 0.25) is 11.8 Å². The summed E-state index contributed by atoms with van der Waals surface area (Å²) in [6, 6.07) is 13.9. The van der Waals surface area contributed by atoms with Crippen molar-refractivity contribution >= 4 is 11.8 Å². The summed E-state index contributed by atoms with van der Waals surface area (Å²) in [5.74, 6) is 2.64. The monoisotopic (exact) mass is 419 g/mol. The lowest BCUT2D eigenvalue weighted by Crippen LogP contribution is -2.35. The quantitative estimate of drug-likeness (QED) is 0.532. The Morgan fingerprint density at radius 2 is 1.84 bits per heavy atom. The fourth-order valence-corrected chi connectivity index (χ4v) is 4.31. The average molecular weight is 420 g/mol. The van der Waals surface area contributed by atoms with Crippen molar-refractivity contribution in [3.05, 3.63) is 60.1 Å². The molecule has 3 heterocycles. The van der Waals surface area contributed by atoms with Crippen LogP contribution in [-0.2, 0) is 17.9 Å². The first-order valence-corrected chi connectivity index (χ1v) is 11.3. The Bertz CT molecular complexity index is 1000. The van der Waals surface area contributed by atoms with E-state index in [1.165, 1.54) is 0 Å². The molecule has 5 rings (SSSR count). The predicted molar refractivity (Wildman–Crippen MR) is 118 cm³/mol. The van der Waals surface area contributed by atoms with E-state index >= 15 is 0 Å². The summed E-state index contributed by atoms with van der Waals surface area (Å²) >= 11 is 0. The van der Waals surface area contributed by atoms with Gasteiger partial charge in [0.25, 0.3) is 0 Å². The van der Waals surface area contributed by atoms with Gasteiger partial charge in [-0.2, -0.15) is 0 Å².